The van der Waals surface area contributed by atoms with Gasteiger partial charge in [0.15, 0.2) is 0 Å². The molecule has 4 amide bonds. The molecule has 2 aromatic rings. The number of aliphatic hydroxyl groups is 2. The van der Waals surface area contributed by atoms with Crippen molar-refractivity contribution in [3.8, 4) is 11.5 Å². The smallest absolute Gasteiger partial charge is 0.312 e. The van der Waals surface area contributed by atoms with Gasteiger partial charge < -0.3 is 53.2 Å². The van der Waals surface area contributed by atoms with Crippen LogP contribution in [-0.4, -0.2) is 58.7 Å². The summed E-state index contributed by atoms with van der Waals surface area (Å²) in [6, 6.07) is 8.15. The van der Waals surface area contributed by atoms with E-state index in [1.54, 1.807) is 24.3 Å². The molecule has 0 saturated heterocycles. The van der Waals surface area contributed by atoms with Crippen LogP contribution < -0.4 is 32.7 Å². The fraction of sp³-hybridized carbons (Fsp3) is 0.462. The molecule has 0 radical (unpaired) electrons. The lowest BCUT2D eigenvalue weighted by Crippen LogP contribution is -2.28. The van der Waals surface area contributed by atoms with Gasteiger partial charge in [-0.1, -0.05) is 25.0 Å². The number of aliphatic hydroxyl groups excluding tert-OH is 2. The Bertz CT molecular complexity index is 956. The first-order valence-electron chi connectivity index (χ1n) is 12.6. The number of benzene rings is 2. The summed E-state index contributed by atoms with van der Waals surface area (Å²) in [7, 11) is 0. The molecule has 2 aromatic carbocycles. The lowest BCUT2D eigenvalue weighted by molar-refractivity contribution is 0.173. The first-order valence-corrected chi connectivity index (χ1v) is 12.6. The fourth-order valence-corrected chi connectivity index (χ4v) is 3.84. The molecule has 0 fully saturated rings. The number of amides is 4. The SMILES string of the molecule is NC(=O)NCc1cc(C(O)CNCCCCCCNCC(O)c2ccc(O)c(CNC(N)=O)c2)ccc1O. The Labute approximate surface area is 222 Å². The van der Waals surface area contributed by atoms with E-state index in [0.29, 0.717) is 35.3 Å². The number of primary amides is 2. The van der Waals surface area contributed by atoms with Crippen LogP contribution >= 0.6 is 0 Å². The maximum atomic E-state index is 10.9. The molecule has 0 heterocycles. The quantitative estimate of drug-likeness (QED) is 0.132. The van der Waals surface area contributed by atoms with Gasteiger partial charge in [0.05, 0.1) is 12.2 Å². The average Bonchev–Trinajstić information content (AvgIpc) is 2.88. The summed E-state index contributed by atoms with van der Waals surface area (Å²) < 4.78 is 0. The Morgan fingerprint density at radius 3 is 1.45 bits per heavy atom. The lowest BCUT2D eigenvalue weighted by Gasteiger charge is -2.15. The Morgan fingerprint density at radius 2 is 1.08 bits per heavy atom. The molecular formula is C26H40N6O6. The molecule has 2 rings (SSSR count). The van der Waals surface area contributed by atoms with E-state index in [2.05, 4.69) is 21.3 Å². The molecule has 0 bridgehead atoms. The van der Waals surface area contributed by atoms with Crippen LogP contribution in [0.25, 0.3) is 0 Å². The molecule has 12 nitrogen and oxygen atoms in total. The number of phenols is 2. The van der Waals surface area contributed by atoms with Crippen LogP contribution in [-0.2, 0) is 13.1 Å². The number of urea groups is 2. The fourth-order valence-electron chi connectivity index (χ4n) is 3.84. The summed E-state index contributed by atoms with van der Waals surface area (Å²) in [4.78, 5) is 21.8. The minimum Gasteiger partial charge on any atom is -0.508 e. The van der Waals surface area contributed by atoms with Crippen LogP contribution in [0.15, 0.2) is 36.4 Å². The minimum atomic E-state index is -0.748. The Hall–Kier alpha value is -3.58. The van der Waals surface area contributed by atoms with Gasteiger partial charge in [0, 0.05) is 37.3 Å². The first kappa shape index (κ1) is 30.6. The number of aromatic hydroxyl groups is 2. The highest BCUT2D eigenvalue weighted by atomic mass is 16.3. The predicted octanol–water partition coefficient (Wildman–Crippen LogP) is 0.941. The zero-order valence-corrected chi connectivity index (χ0v) is 21.4. The van der Waals surface area contributed by atoms with Crippen molar-refractivity contribution < 1.29 is 30.0 Å². The second kappa shape index (κ2) is 16.3. The predicted molar refractivity (Wildman–Crippen MR) is 143 cm³/mol. The van der Waals surface area contributed by atoms with Crippen molar-refractivity contribution in [2.75, 3.05) is 26.2 Å². The van der Waals surface area contributed by atoms with E-state index in [9.17, 15) is 30.0 Å². The zero-order chi connectivity index (χ0) is 27.9. The molecule has 38 heavy (non-hydrogen) atoms. The van der Waals surface area contributed by atoms with Crippen LogP contribution in [0.5, 0.6) is 11.5 Å². The molecule has 0 spiro atoms. The van der Waals surface area contributed by atoms with E-state index in [1.807, 2.05) is 0 Å². The number of unbranched alkanes of at least 4 members (excludes halogenated alkanes) is 3. The Balaban J connectivity index is 1.56. The number of hydrogen-bond donors (Lipinski definition) is 10. The Morgan fingerprint density at radius 1 is 0.684 bits per heavy atom. The second-order valence-corrected chi connectivity index (χ2v) is 9.07. The van der Waals surface area contributed by atoms with Crippen molar-refractivity contribution in [2.24, 2.45) is 11.5 Å². The first-order chi connectivity index (χ1) is 18.2. The largest absolute Gasteiger partial charge is 0.508 e. The van der Waals surface area contributed by atoms with Gasteiger partial charge in [-0.2, -0.15) is 0 Å². The third-order valence-electron chi connectivity index (χ3n) is 6.02. The van der Waals surface area contributed by atoms with Crippen LogP contribution in [0, 0.1) is 0 Å². The molecule has 12 N–H and O–H groups in total. The summed E-state index contributed by atoms with van der Waals surface area (Å²) in [6.45, 7) is 2.40. The molecular weight excluding hydrogens is 492 g/mol. The Kier molecular flexibility index (Phi) is 13.1. The monoisotopic (exact) mass is 532 g/mol. The molecule has 12 heteroatoms. The highest BCUT2D eigenvalue weighted by Crippen LogP contribution is 2.23. The highest BCUT2D eigenvalue weighted by Gasteiger charge is 2.12. The van der Waals surface area contributed by atoms with Gasteiger partial charge in [-0.25, -0.2) is 9.59 Å². The maximum absolute atomic E-state index is 10.9. The summed E-state index contributed by atoms with van der Waals surface area (Å²) in [5, 5.41) is 51.9. The molecule has 0 aliphatic heterocycles. The molecule has 0 saturated carbocycles. The number of hydrogen-bond acceptors (Lipinski definition) is 8. The number of carbonyl (C=O) groups excluding carboxylic acids is 2. The van der Waals surface area contributed by atoms with Crippen LogP contribution in [0.4, 0.5) is 9.59 Å². The van der Waals surface area contributed by atoms with Crippen molar-refractivity contribution in [3.05, 3.63) is 58.7 Å². The minimum absolute atomic E-state index is 0.0239. The van der Waals surface area contributed by atoms with Crippen molar-refractivity contribution >= 4 is 12.1 Å². The van der Waals surface area contributed by atoms with Gasteiger partial charge in [0.25, 0.3) is 0 Å². The lowest BCUT2D eigenvalue weighted by atomic mass is 10.0. The van der Waals surface area contributed by atoms with Gasteiger partial charge in [0.2, 0.25) is 0 Å². The van der Waals surface area contributed by atoms with Crippen molar-refractivity contribution in [3.63, 3.8) is 0 Å². The average molecular weight is 533 g/mol. The van der Waals surface area contributed by atoms with Crippen molar-refractivity contribution in [2.45, 2.75) is 51.0 Å². The molecule has 0 aliphatic rings. The standard InChI is InChI=1S/C26H40N6O6/c27-25(37)31-13-19-11-17(5-7-21(19)33)23(35)15-29-9-3-1-2-4-10-30-16-24(36)18-6-8-22(34)20(12-18)14-32-26(28)38/h5-8,11-12,23-24,29-30,33-36H,1-4,9-10,13-16H2,(H3,27,31,37)(H3,28,32,38). The molecule has 0 aromatic heterocycles. The number of phenolic OH excluding ortho intramolecular Hbond substituents is 2. The second-order valence-electron chi connectivity index (χ2n) is 9.07. The zero-order valence-electron chi connectivity index (χ0n) is 21.4. The van der Waals surface area contributed by atoms with Crippen molar-refractivity contribution in [1.29, 1.82) is 0 Å². The van der Waals surface area contributed by atoms with Gasteiger partial charge in [-0.15, -0.1) is 0 Å². The third-order valence-corrected chi connectivity index (χ3v) is 6.02. The molecule has 210 valence electrons. The van der Waals surface area contributed by atoms with E-state index in [1.165, 1.54) is 12.1 Å². The molecule has 2 atom stereocenters. The summed E-state index contributed by atoms with van der Waals surface area (Å²) in [5.74, 6) is 0.0477. The van der Waals surface area contributed by atoms with Crippen LogP contribution in [0.2, 0.25) is 0 Å². The van der Waals surface area contributed by atoms with E-state index in [4.69, 9.17) is 11.5 Å². The van der Waals surface area contributed by atoms with Gasteiger partial charge in [-0.3, -0.25) is 0 Å². The van der Waals surface area contributed by atoms with Gasteiger partial charge >= 0.3 is 12.1 Å². The molecule has 0 aliphatic carbocycles. The van der Waals surface area contributed by atoms with E-state index in [-0.39, 0.29) is 24.6 Å². The number of nitrogens with two attached hydrogens (primary N) is 2. The van der Waals surface area contributed by atoms with Crippen LogP contribution in [0.1, 0.15) is 60.1 Å². The van der Waals surface area contributed by atoms with E-state index >= 15 is 0 Å². The van der Waals surface area contributed by atoms with Crippen LogP contribution in [0.3, 0.4) is 0 Å². The van der Waals surface area contributed by atoms with Gasteiger partial charge in [-0.05, 0) is 61.3 Å². The topological polar surface area (TPSA) is 215 Å². The van der Waals surface area contributed by atoms with Gasteiger partial charge in [0.1, 0.15) is 11.5 Å². The summed E-state index contributed by atoms with van der Waals surface area (Å²) >= 11 is 0. The summed E-state index contributed by atoms with van der Waals surface area (Å²) in [6.07, 6.45) is 2.45. The molecule has 2 unspecified atom stereocenters. The highest BCUT2D eigenvalue weighted by molar-refractivity contribution is 5.72. The number of carbonyl (C=O) groups is 2. The summed E-state index contributed by atoms with van der Waals surface area (Å²) in [5.41, 5.74) is 12.3. The van der Waals surface area contributed by atoms with Crippen molar-refractivity contribution in [1.82, 2.24) is 21.3 Å². The normalized spacial score (nSPS) is 12.6. The van der Waals surface area contributed by atoms with E-state index < -0.39 is 24.3 Å². The number of nitrogens with one attached hydrogen (secondary N) is 4. The third kappa shape index (κ3) is 11.2. The maximum Gasteiger partial charge on any atom is 0.312 e. The number of rotatable bonds is 17. The van der Waals surface area contributed by atoms with E-state index in [0.717, 1.165) is 38.8 Å².